The summed E-state index contributed by atoms with van der Waals surface area (Å²) in [5, 5.41) is 0. The predicted octanol–water partition coefficient (Wildman–Crippen LogP) is 4.17. The second kappa shape index (κ2) is 7.58. The quantitative estimate of drug-likeness (QED) is 0.802. The van der Waals surface area contributed by atoms with Gasteiger partial charge in [0, 0.05) is 6.07 Å². The molecule has 0 amide bonds. The molecule has 0 N–H and O–H groups in total. The Morgan fingerprint density at radius 1 is 0.696 bits per heavy atom. The van der Waals surface area contributed by atoms with Gasteiger partial charge in [0.2, 0.25) is 0 Å². The van der Waals surface area contributed by atoms with Crippen LogP contribution in [0.3, 0.4) is 0 Å². The second-order valence-electron chi connectivity index (χ2n) is 4.87. The zero-order valence-electron chi connectivity index (χ0n) is 14.2. The van der Waals surface area contributed by atoms with Gasteiger partial charge in [-0.2, -0.15) is 0 Å². The number of rotatable bonds is 6. The Labute approximate surface area is 137 Å². The summed E-state index contributed by atoms with van der Waals surface area (Å²) in [6, 6.07) is 11.7. The van der Waals surface area contributed by atoms with E-state index in [0.29, 0.717) is 11.5 Å². The third kappa shape index (κ3) is 3.59. The van der Waals surface area contributed by atoms with E-state index in [1.54, 1.807) is 28.4 Å². The third-order valence-corrected chi connectivity index (χ3v) is 3.65. The van der Waals surface area contributed by atoms with E-state index in [0.717, 1.165) is 28.2 Å². The fraction of sp³-hybridized carbons (Fsp3) is 0.263. The van der Waals surface area contributed by atoms with Gasteiger partial charge in [-0.1, -0.05) is 12.1 Å². The van der Waals surface area contributed by atoms with Crippen molar-refractivity contribution in [2.24, 2.45) is 0 Å². The zero-order chi connectivity index (χ0) is 16.8. The summed E-state index contributed by atoms with van der Waals surface area (Å²) in [5.41, 5.74) is 3.10. The summed E-state index contributed by atoms with van der Waals surface area (Å²) in [7, 11) is 6.54. The molecule has 2 rings (SSSR count). The van der Waals surface area contributed by atoms with Crippen LogP contribution in [-0.4, -0.2) is 28.4 Å². The third-order valence-electron chi connectivity index (χ3n) is 3.65. The molecule has 0 radical (unpaired) electrons. The molecule has 0 aliphatic heterocycles. The molecular weight excluding hydrogens is 292 g/mol. The molecule has 4 heteroatoms. The molecule has 0 spiro atoms. The van der Waals surface area contributed by atoms with Crippen molar-refractivity contribution in [3.63, 3.8) is 0 Å². The SMILES string of the molecule is CC=C(c1cc(OC)cc(OC)c1)c1ccc(OC)c(OC)c1. The maximum absolute atomic E-state index is 5.40. The number of hydrogen-bond donors (Lipinski definition) is 0. The molecule has 0 heterocycles. The minimum Gasteiger partial charge on any atom is -0.497 e. The summed E-state index contributed by atoms with van der Waals surface area (Å²) >= 11 is 0. The Morgan fingerprint density at radius 3 is 1.78 bits per heavy atom. The van der Waals surface area contributed by atoms with E-state index in [1.807, 2.05) is 43.3 Å². The summed E-state index contributed by atoms with van der Waals surface area (Å²) in [4.78, 5) is 0. The molecule has 4 nitrogen and oxygen atoms in total. The molecule has 122 valence electrons. The predicted molar refractivity (Wildman–Crippen MR) is 91.8 cm³/mol. The number of benzene rings is 2. The van der Waals surface area contributed by atoms with Crippen LogP contribution in [0.1, 0.15) is 18.1 Å². The fourth-order valence-electron chi connectivity index (χ4n) is 2.47. The molecule has 0 bridgehead atoms. The largest absolute Gasteiger partial charge is 0.497 e. The molecule has 0 fully saturated rings. The molecule has 2 aromatic carbocycles. The van der Waals surface area contributed by atoms with Crippen molar-refractivity contribution in [3.8, 4) is 23.0 Å². The molecule has 0 atom stereocenters. The van der Waals surface area contributed by atoms with Crippen LogP contribution in [0.2, 0.25) is 0 Å². The van der Waals surface area contributed by atoms with Crippen LogP contribution in [0.25, 0.3) is 5.57 Å². The lowest BCUT2D eigenvalue weighted by atomic mass is 9.97. The minimum atomic E-state index is 0.694. The molecule has 0 saturated heterocycles. The average Bonchev–Trinajstić information content (AvgIpc) is 2.61. The van der Waals surface area contributed by atoms with Gasteiger partial charge in [0.05, 0.1) is 28.4 Å². The highest BCUT2D eigenvalue weighted by Gasteiger charge is 2.11. The first-order chi connectivity index (χ1) is 11.2. The lowest BCUT2D eigenvalue weighted by molar-refractivity contribution is 0.355. The zero-order valence-corrected chi connectivity index (χ0v) is 14.2. The minimum absolute atomic E-state index is 0.694. The van der Waals surface area contributed by atoms with Crippen molar-refractivity contribution in [1.29, 1.82) is 0 Å². The van der Waals surface area contributed by atoms with Crippen LogP contribution in [-0.2, 0) is 0 Å². The summed E-state index contributed by atoms with van der Waals surface area (Å²) in [6.45, 7) is 2.00. The van der Waals surface area contributed by atoms with Gasteiger partial charge in [-0.15, -0.1) is 0 Å². The summed E-state index contributed by atoms with van der Waals surface area (Å²) < 4.78 is 21.4. The van der Waals surface area contributed by atoms with Crippen molar-refractivity contribution in [2.45, 2.75) is 6.92 Å². The number of ether oxygens (including phenoxy) is 4. The molecule has 0 aliphatic rings. The lowest BCUT2D eigenvalue weighted by Gasteiger charge is -2.14. The number of methoxy groups -OCH3 is 4. The maximum atomic E-state index is 5.40. The van der Waals surface area contributed by atoms with E-state index in [4.69, 9.17) is 18.9 Å². The maximum Gasteiger partial charge on any atom is 0.161 e. The van der Waals surface area contributed by atoms with Crippen molar-refractivity contribution in [3.05, 3.63) is 53.6 Å². The molecule has 23 heavy (non-hydrogen) atoms. The molecule has 0 saturated carbocycles. The van der Waals surface area contributed by atoms with Crippen LogP contribution in [0.4, 0.5) is 0 Å². The van der Waals surface area contributed by atoms with Gasteiger partial charge < -0.3 is 18.9 Å². The summed E-state index contributed by atoms with van der Waals surface area (Å²) in [5.74, 6) is 2.90. The fourth-order valence-corrected chi connectivity index (χ4v) is 2.47. The van der Waals surface area contributed by atoms with Gasteiger partial charge in [-0.05, 0) is 47.9 Å². The summed E-state index contributed by atoms with van der Waals surface area (Å²) in [6.07, 6.45) is 2.05. The highest BCUT2D eigenvalue weighted by atomic mass is 16.5. The van der Waals surface area contributed by atoms with E-state index in [9.17, 15) is 0 Å². The van der Waals surface area contributed by atoms with Gasteiger partial charge in [0.15, 0.2) is 11.5 Å². The van der Waals surface area contributed by atoms with Crippen LogP contribution in [0, 0.1) is 0 Å². The first-order valence-electron chi connectivity index (χ1n) is 7.29. The van der Waals surface area contributed by atoms with Gasteiger partial charge in [0.1, 0.15) is 11.5 Å². The number of hydrogen-bond acceptors (Lipinski definition) is 4. The van der Waals surface area contributed by atoms with E-state index in [2.05, 4.69) is 6.08 Å². The van der Waals surface area contributed by atoms with E-state index < -0.39 is 0 Å². The van der Waals surface area contributed by atoms with E-state index in [-0.39, 0.29) is 0 Å². The van der Waals surface area contributed by atoms with Crippen molar-refractivity contribution >= 4 is 5.57 Å². The molecule has 2 aromatic rings. The highest BCUT2D eigenvalue weighted by molar-refractivity contribution is 5.81. The molecule has 0 aliphatic carbocycles. The van der Waals surface area contributed by atoms with Gasteiger partial charge in [-0.3, -0.25) is 0 Å². The molecule has 0 unspecified atom stereocenters. The highest BCUT2D eigenvalue weighted by Crippen LogP contribution is 2.35. The van der Waals surface area contributed by atoms with Crippen molar-refractivity contribution in [1.82, 2.24) is 0 Å². The Kier molecular flexibility index (Phi) is 5.52. The van der Waals surface area contributed by atoms with Gasteiger partial charge >= 0.3 is 0 Å². The standard InChI is InChI=1S/C19H22O4/c1-6-17(13-7-8-18(22-4)19(11-13)23-5)14-9-15(20-2)12-16(10-14)21-3/h6-12H,1-5H3. The first-order valence-corrected chi connectivity index (χ1v) is 7.29. The van der Waals surface area contributed by atoms with Crippen molar-refractivity contribution < 1.29 is 18.9 Å². The van der Waals surface area contributed by atoms with Crippen LogP contribution < -0.4 is 18.9 Å². The molecule has 0 aromatic heterocycles. The smallest absolute Gasteiger partial charge is 0.161 e. The van der Waals surface area contributed by atoms with Gasteiger partial charge in [-0.25, -0.2) is 0 Å². The lowest BCUT2D eigenvalue weighted by Crippen LogP contribution is -1.95. The monoisotopic (exact) mass is 314 g/mol. The van der Waals surface area contributed by atoms with Crippen molar-refractivity contribution in [2.75, 3.05) is 28.4 Å². The number of allylic oxidation sites excluding steroid dienone is 1. The Balaban J connectivity index is 2.52. The Bertz CT molecular complexity index is 682. The molecular formula is C19H22O4. The van der Waals surface area contributed by atoms with Crippen LogP contribution in [0.5, 0.6) is 23.0 Å². The average molecular weight is 314 g/mol. The van der Waals surface area contributed by atoms with Crippen LogP contribution >= 0.6 is 0 Å². The van der Waals surface area contributed by atoms with E-state index >= 15 is 0 Å². The second-order valence-corrected chi connectivity index (χ2v) is 4.87. The Hall–Kier alpha value is -2.62. The topological polar surface area (TPSA) is 36.9 Å². The van der Waals surface area contributed by atoms with Gasteiger partial charge in [0.25, 0.3) is 0 Å². The first kappa shape index (κ1) is 16.7. The Morgan fingerprint density at radius 2 is 1.30 bits per heavy atom. The normalized spacial score (nSPS) is 11.1. The van der Waals surface area contributed by atoms with Crippen LogP contribution in [0.15, 0.2) is 42.5 Å². The van der Waals surface area contributed by atoms with E-state index in [1.165, 1.54) is 0 Å².